The minimum Gasteiger partial charge on any atom is -0.492 e. The molecule has 0 aliphatic heterocycles. The number of ether oxygens (including phenoxy) is 2. The maximum atomic E-state index is 11.7. The van der Waals surface area contributed by atoms with Crippen LogP contribution in [-0.4, -0.2) is 31.1 Å². The van der Waals surface area contributed by atoms with Gasteiger partial charge in [-0.2, -0.15) is 0 Å². The van der Waals surface area contributed by atoms with E-state index in [-0.39, 0.29) is 5.78 Å². The van der Waals surface area contributed by atoms with E-state index in [9.17, 15) is 4.79 Å². The quantitative estimate of drug-likeness (QED) is 0.664. The molecule has 0 spiro atoms. The molecule has 0 unspecified atom stereocenters. The van der Waals surface area contributed by atoms with Gasteiger partial charge in [-0.25, -0.2) is 0 Å². The summed E-state index contributed by atoms with van der Waals surface area (Å²) in [5, 5.41) is 0. The van der Waals surface area contributed by atoms with Gasteiger partial charge in [-0.3, -0.25) is 9.78 Å². The zero-order valence-corrected chi connectivity index (χ0v) is 9.73. The Kier molecular flexibility index (Phi) is 5.50. The Morgan fingerprint density at radius 3 is 2.88 bits per heavy atom. The van der Waals surface area contributed by atoms with Crippen LogP contribution in [-0.2, 0) is 4.74 Å². The van der Waals surface area contributed by atoms with Crippen LogP contribution in [0.1, 0.15) is 30.1 Å². The zero-order valence-electron chi connectivity index (χ0n) is 9.73. The molecular weight excluding hydrogens is 206 g/mol. The number of nitrogens with zero attached hydrogens (tertiary/aromatic N) is 1. The first-order valence-electron chi connectivity index (χ1n) is 5.38. The van der Waals surface area contributed by atoms with Crippen LogP contribution < -0.4 is 4.74 Å². The third-order valence-corrected chi connectivity index (χ3v) is 2.04. The molecule has 0 N–H and O–H groups in total. The van der Waals surface area contributed by atoms with Crippen LogP contribution in [0.3, 0.4) is 0 Å². The fourth-order valence-electron chi connectivity index (χ4n) is 1.21. The summed E-state index contributed by atoms with van der Waals surface area (Å²) in [6, 6.07) is 1.72. The van der Waals surface area contributed by atoms with Crippen LogP contribution in [0.5, 0.6) is 5.75 Å². The van der Waals surface area contributed by atoms with Crippen LogP contribution in [0.4, 0.5) is 0 Å². The van der Waals surface area contributed by atoms with Crippen molar-refractivity contribution in [3.05, 3.63) is 24.0 Å². The summed E-state index contributed by atoms with van der Waals surface area (Å²) in [6.45, 7) is 3.09. The van der Waals surface area contributed by atoms with Crippen molar-refractivity contribution in [1.29, 1.82) is 0 Å². The number of carbonyl (C=O) groups is 1. The molecule has 0 amide bonds. The average molecular weight is 223 g/mol. The van der Waals surface area contributed by atoms with E-state index in [4.69, 9.17) is 9.47 Å². The van der Waals surface area contributed by atoms with Crippen molar-refractivity contribution in [2.75, 3.05) is 20.3 Å². The average Bonchev–Trinajstić information content (AvgIpc) is 2.33. The number of aromatic nitrogens is 1. The van der Waals surface area contributed by atoms with E-state index in [1.165, 1.54) is 0 Å². The molecule has 4 nitrogen and oxygen atoms in total. The highest BCUT2D eigenvalue weighted by Gasteiger charge is 2.07. The molecule has 0 aliphatic carbocycles. The van der Waals surface area contributed by atoms with Crippen LogP contribution in [0.25, 0.3) is 0 Å². The standard InChI is InChI=1S/C12H17NO3/c1-3-5-16-11-7-10(8-13-9-11)12(14)4-6-15-2/h7-9H,3-6H2,1-2H3. The lowest BCUT2D eigenvalue weighted by molar-refractivity contribution is 0.0931. The molecule has 1 rings (SSSR count). The summed E-state index contributed by atoms with van der Waals surface area (Å²) in [7, 11) is 1.58. The van der Waals surface area contributed by atoms with Crippen LogP contribution in [0, 0.1) is 0 Å². The van der Waals surface area contributed by atoms with Crippen molar-refractivity contribution in [3.8, 4) is 5.75 Å². The van der Waals surface area contributed by atoms with Crippen LogP contribution in [0.2, 0.25) is 0 Å². The topological polar surface area (TPSA) is 48.4 Å². The van der Waals surface area contributed by atoms with Gasteiger partial charge in [0.05, 0.1) is 19.4 Å². The van der Waals surface area contributed by atoms with Gasteiger partial charge in [-0.15, -0.1) is 0 Å². The number of hydrogen-bond donors (Lipinski definition) is 0. The van der Waals surface area contributed by atoms with Gasteiger partial charge in [0.25, 0.3) is 0 Å². The fourth-order valence-corrected chi connectivity index (χ4v) is 1.21. The Labute approximate surface area is 95.6 Å². The van der Waals surface area contributed by atoms with Crippen LogP contribution in [0.15, 0.2) is 18.5 Å². The predicted molar refractivity (Wildman–Crippen MR) is 60.8 cm³/mol. The molecule has 0 saturated heterocycles. The van der Waals surface area contributed by atoms with Gasteiger partial charge >= 0.3 is 0 Å². The molecule has 0 aromatic carbocycles. The van der Waals surface area contributed by atoms with Gasteiger partial charge in [-0.1, -0.05) is 6.92 Å². The Bertz CT molecular complexity index is 339. The first-order valence-corrected chi connectivity index (χ1v) is 5.38. The third-order valence-electron chi connectivity index (χ3n) is 2.04. The largest absolute Gasteiger partial charge is 0.492 e. The van der Waals surface area contributed by atoms with E-state index in [1.807, 2.05) is 6.92 Å². The lowest BCUT2D eigenvalue weighted by atomic mass is 10.1. The highest BCUT2D eigenvalue weighted by atomic mass is 16.5. The van der Waals surface area contributed by atoms with E-state index in [2.05, 4.69) is 4.98 Å². The van der Waals surface area contributed by atoms with E-state index in [0.717, 1.165) is 6.42 Å². The summed E-state index contributed by atoms with van der Waals surface area (Å²) in [5.41, 5.74) is 0.575. The summed E-state index contributed by atoms with van der Waals surface area (Å²) in [4.78, 5) is 15.6. The van der Waals surface area contributed by atoms with Crippen molar-refractivity contribution in [3.63, 3.8) is 0 Å². The number of carbonyl (C=O) groups excluding carboxylic acids is 1. The lowest BCUT2D eigenvalue weighted by Crippen LogP contribution is -2.04. The third kappa shape index (κ3) is 3.98. The van der Waals surface area contributed by atoms with Gasteiger partial charge in [0.15, 0.2) is 5.78 Å². The molecule has 0 saturated carbocycles. The number of rotatable bonds is 7. The number of ketones is 1. The number of methoxy groups -OCH3 is 1. The number of pyridine rings is 1. The highest BCUT2D eigenvalue weighted by molar-refractivity contribution is 5.96. The number of Topliss-reactive ketones (excluding diaryl/α,β-unsaturated/α-hetero) is 1. The van der Waals surface area contributed by atoms with Crippen molar-refractivity contribution in [2.24, 2.45) is 0 Å². The SMILES string of the molecule is CCCOc1cncc(C(=O)CCOC)c1. The zero-order chi connectivity index (χ0) is 11.8. The molecule has 16 heavy (non-hydrogen) atoms. The summed E-state index contributed by atoms with van der Waals surface area (Å²) >= 11 is 0. The van der Waals surface area contributed by atoms with Gasteiger partial charge < -0.3 is 9.47 Å². The molecule has 0 aliphatic rings. The van der Waals surface area contributed by atoms with Gasteiger partial charge in [-0.05, 0) is 12.5 Å². The van der Waals surface area contributed by atoms with Crippen molar-refractivity contribution in [2.45, 2.75) is 19.8 Å². The Hall–Kier alpha value is -1.42. The van der Waals surface area contributed by atoms with Crippen molar-refractivity contribution >= 4 is 5.78 Å². The predicted octanol–water partition coefficient (Wildman–Crippen LogP) is 2.09. The second-order valence-corrected chi connectivity index (χ2v) is 3.42. The number of hydrogen-bond acceptors (Lipinski definition) is 4. The van der Waals surface area contributed by atoms with Gasteiger partial charge in [0, 0.05) is 25.3 Å². The Balaban J connectivity index is 2.62. The molecule has 0 radical (unpaired) electrons. The first kappa shape index (κ1) is 12.6. The molecule has 0 fully saturated rings. The molecular formula is C12H17NO3. The lowest BCUT2D eigenvalue weighted by Gasteiger charge is -2.05. The molecule has 1 aromatic rings. The smallest absolute Gasteiger partial charge is 0.166 e. The normalized spacial score (nSPS) is 10.1. The fraction of sp³-hybridized carbons (Fsp3) is 0.500. The second kappa shape index (κ2) is 6.95. The van der Waals surface area contributed by atoms with E-state index in [1.54, 1.807) is 25.6 Å². The molecule has 88 valence electrons. The maximum Gasteiger partial charge on any atom is 0.166 e. The Morgan fingerprint density at radius 2 is 2.19 bits per heavy atom. The van der Waals surface area contributed by atoms with Crippen molar-refractivity contribution in [1.82, 2.24) is 4.98 Å². The molecule has 1 aromatic heterocycles. The van der Waals surface area contributed by atoms with Gasteiger partial charge in [0.1, 0.15) is 5.75 Å². The summed E-state index contributed by atoms with van der Waals surface area (Å²) in [5.74, 6) is 0.668. The van der Waals surface area contributed by atoms with E-state index < -0.39 is 0 Å². The van der Waals surface area contributed by atoms with Crippen molar-refractivity contribution < 1.29 is 14.3 Å². The summed E-state index contributed by atoms with van der Waals surface area (Å²) in [6.07, 6.45) is 4.47. The Morgan fingerprint density at radius 1 is 1.38 bits per heavy atom. The molecule has 0 bridgehead atoms. The van der Waals surface area contributed by atoms with Crippen LogP contribution >= 0.6 is 0 Å². The second-order valence-electron chi connectivity index (χ2n) is 3.42. The van der Waals surface area contributed by atoms with E-state index in [0.29, 0.717) is 30.9 Å². The monoisotopic (exact) mass is 223 g/mol. The maximum absolute atomic E-state index is 11.7. The van der Waals surface area contributed by atoms with Gasteiger partial charge in [0.2, 0.25) is 0 Å². The molecule has 1 heterocycles. The first-order chi connectivity index (χ1) is 7.77. The highest BCUT2D eigenvalue weighted by Crippen LogP contribution is 2.13. The molecule has 0 atom stereocenters. The van der Waals surface area contributed by atoms with E-state index >= 15 is 0 Å². The summed E-state index contributed by atoms with van der Waals surface area (Å²) < 4.78 is 10.3. The molecule has 4 heteroatoms. The minimum absolute atomic E-state index is 0.0244. The minimum atomic E-state index is 0.0244.